The number of hydrogen-bond acceptors (Lipinski definition) is 3. The minimum Gasteiger partial charge on any atom is -0.381 e. The van der Waals surface area contributed by atoms with E-state index in [1.165, 1.54) is 51.9 Å². The molecule has 2 rings (SSSR count). The Bertz CT molecular complexity index is 228. The van der Waals surface area contributed by atoms with Crippen molar-refractivity contribution in [3.05, 3.63) is 0 Å². The van der Waals surface area contributed by atoms with Gasteiger partial charge in [0.25, 0.3) is 0 Å². The monoisotopic (exact) mass is 240 g/mol. The van der Waals surface area contributed by atoms with Crippen LogP contribution in [0.15, 0.2) is 0 Å². The first-order valence-corrected chi connectivity index (χ1v) is 7.27. The van der Waals surface area contributed by atoms with Gasteiger partial charge in [0.1, 0.15) is 0 Å². The zero-order chi connectivity index (χ0) is 12.1. The van der Waals surface area contributed by atoms with Crippen LogP contribution in [0.25, 0.3) is 0 Å². The van der Waals surface area contributed by atoms with Crippen molar-refractivity contribution >= 4 is 0 Å². The Morgan fingerprint density at radius 2 is 2.29 bits per heavy atom. The van der Waals surface area contributed by atoms with Crippen molar-refractivity contribution in [2.24, 2.45) is 5.92 Å². The highest BCUT2D eigenvalue weighted by atomic mass is 16.5. The molecule has 3 heteroatoms. The van der Waals surface area contributed by atoms with Gasteiger partial charge < -0.3 is 15.0 Å². The van der Waals surface area contributed by atoms with Crippen LogP contribution in [0.4, 0.5) is 0 Å². The molecule has 2 aliphatic heterocycles. The molecular formula is C14H28N2O. The molecule has 0 spiro atoms. The van der Waals surface area contributed by atoms with Gasteiger partial charge in [0.2, 0.25) is 0 Å². The second kappa shape index (κ2) is 6.17. The lowest BCUT2D eigenvalue weighted by molar-refractivity contribution is 0.0360. The molecule has 2 aliphatic rings. The molecule has 2 unspecified atom stereocenters. The lowest BCUT2D eigenvalue weighted by atomic mass is 9.97. The van der Waals surface area contributed by atoms with Crippen LogP contribution in [0, 0.1) is 5.92 Å². The first kappa shape index (κ1) is 13.3. The van der Waals surface area contributed by atoms with Gasteiger partial charge in [-0.15, -0.1) is 0 Å². The van der Waals surface area contributed by atoms with Gasteiger partial charge >= 0.3 is 0 Å². The molecule has 0 aliphatic carbocycles. The Kier molecular flexibility index (Phi) is 4.83. The predicted molar refractivity (Wildman–Crippen MR) is 71.3 cm³/mol. The first-order chi connectivity index (χ1) is 8.22. The molecule has 0 saturated carbocycles. The van der Waals surface area contributed by atoms with Crippen molar-refractivity contribution in [3.63, 3.8) is 0 Å². The molecule has 100 valence electrons. The van der Waals surface area contributed by atoms with Gasteiger partial charge in [-0.3, -0.25) is 0 Å². The third-order valence-electron chi connectivity index (χ3n) is 4.33. The molecule has 2 atom stereocenters. The summed E-state index contributed by atoms with van der Waals surface area (Å²) in [5, 5.41) is 3.70. The molecule has 0 aromatic rings. The Balaban J connectivity index is 1.85. The average molecular weight is 240 g/mol. The molecule has 2 fully saturated rings. The van der Waals surface area contributed by atoms with Crippen LogP contribution in [-0.4, -0.2) is 49.8 Å². The van der Waals surface area contributed by atoms with Crippen LogP contribution < -0.4 is 5.32 Å². The Hall–Kier alpha value is -0.120. The Morgan fingerprint density at radius 3 is 3.00 bits per heavy atom. The normalized spacial score (nSPS) is 36.7. The van der Waals surface area contributed by atoms with E-state index in [2.05, 4.69) is 24.1 Å². The summed E-state index contributed by atoms with van der Waals surface area (Å²) < 4.78 is 5.59. The van der Waals surface area contributed by atoms with E-state index in [9.17, 15) is 0 Å². The summed E-state index contributed by atoms with van der Waals surface area (Å²) in [5.74, 6) is 0.767. The predicted octanol–water partition coefficient (Wildman–Crippen LogP) is 1.88. The van der Waals surface area contributed by atoms with Crippen LogP contribution >= 0.6 is 0 Å². The fourth-order valence-electron chi connectivity index (χ4n) is 3.03. The number of ether oxygens (including phenoxy) is 1. The molecule has 0 amide bonds. The fraction of sp³-hybridized carbons (Fsp3) is 1.00. The number of nitrogens with one attached hydrogen (secondary N) is 1. The SMILES string of the molecule is CCC1(C)CN(CC2CCCOC2)CCCN1. The van der Waals surface area contributed by atoms with Crippen LogP contribution in [0.3, 0.4) is 0 Å². The molecule has 3 nitrogen and oxygen atoms in total. The highest BCUT2D eigenvalue weighted by molar-refractivity contribution is 4.88. The molecule has 0 radical (unpaired) electrons. The van der Waals surface area contributed by atoms with E-state index in [4.69, 9.17) is 4.74 Å². The van der Waals surface area contributed by atoms with Gasteiger partial charge in [0.15, 0.2) is 0 Å². The first-order valence-electron chi connectivity index (χ1n) is 7.27. The van der Waals surface area contributed by atoms with Crippen LogP contribution in [0.1, 0.15) is 39.5 Å². The third-order valence-corrected chi connectivity index (χ3v) is 4.33. The highest BCUT2D eigenvalue weighted by Gasteiger charge is 2.28. The largest absolute Gasteiger partial charge is 0.381 e. The lowest BCUT2D eigenvalue weighted by Crippen LogP contribution is -2.49. The van der Waals surface area contributed by atoms with Gasteiger partial charge in [-0.05, 0) is 51.6 Å². The van der Waals surface area contributed by atoms with Gasteiger partial charge in [-0.25, -0.2) is 0 Å². The zero-order valence-corrected chi connectivity index (χ0v) is 11.5. The molecule has 0 aromatic heterocycles. The van der Waals surface area contributed by atoms with E-state index in [0.29, 0.717) is 5.54 Å². The van der Waals surface area contributed by atoms with E-state index in [1.54, 1.807) is 0 Å². The Morgan fingerprint density at radius 1 is 1.41 bits per heavy atom. The smallest absolute Gasteiger partial charge is 0.0506 e. The van der Waals surface area contributed by atoms with E-state index >= 15 is 0 Å². The summed E-state index contributed by atoms with van der Waals surface area (Å²) in [5.41, 5.74) is 0.312. The molecule has 1 N–H and O–H groups in total. The summed E-state index contributed by atoms with van der Waals surface area (Å²) in [4.78, 5) is 2.66. The second-order valence-corrected chi connectivity index (χ2v) is 6.01. The topological polar surface area (TPSA) is 24.5 Å². The standard InChI is InChI=1S/C14H28N2O/c1-3-14(2)12-16(8-5-7-15-14)10-13-6-4-9-17-11-13/h13,15H,3-12H2,1-2H3. The van der Waals surface area contributed by atoms with Gasteiger partial charge in [-0.2, -0.15) is 0 Å². The molecular weight excluding hydrogens is 212 g/mol. The second-order valence-electron chi connectivity index (χ2n) is 6.01. The van der Waals surface area contributed by atoms with Crippen molar-refractivity contribution < 1.29 is 4.74 Å². The number of rotatable bonds is 3. The molecule has 0 bridgehead atoms. The third kappa shape index (κ3) is 3.94. The minimum absolute atomic E-state index is 0.312. The minimum atomic E-state index is 0.312. The van der Waals surface area contributed by atoms with Gasteiger partial charge in [0.05, 0.1) is 6.61 Å². The summed E-state index contributed by atoms with van der Waals surface area (Å²) in [7, 11) is 0. The maximum absolute atomic E-state index is 5.59. The van der Waals surface area contributed by atoms with Crippen LogP contribution in [0.2, 0.25) is 0 Å². The highest BCUT2D eigenvalue weighted by Crippen LogP contribution is 2.19. The van der Waals surface area contributed by atoms with Crippen molar-refractivity contribution in [1.29, 1.82) is 0 Å². The van der Waals surface area contributed by atoms with Gasteiger partial charge in [-0.1, -0.05) is 6.92 Å². The number of nitrogens with zero attached hydrogens (tertiary/aromatic N) is 1. The summed E-state index contributed by atoms with van der Waals surface area (Å²) >= 11 is 0. The maximum atomic E-state index is 5.59. The number of hydrogen-bond donors (Lipinski definition) is 1. The van der Waals surface area contributed by atoms with E-state index in [1.807, 2.05) is 0 Å². The lowest BCUT2D eigenvalue weighted by Gasteiger charge is -2.35. The quantitative estimate of drug-likeness (QED) is 0.815. The molecule has 2 heterocycles. The molecule has 17 heavy (non-hydrogen) atoms. The van der Waals surface area contributed by atoms with E-state index in [-0.39, 0.29) is 0 Å². The summed E-state index contributed by atoms with van der Waals surface area (Å²) in [6.45, 7) is 11.5. The maximum Gasteiger partial charge on any atom is 0.0506 e. The van der Waals surface area contributed by atoms with Crippen LogP contribution in [-0.2, 0) is 4.74 Å². The summed E-state index contributed by atoms with van der Waals surface area (Å²) in [6, 6.07) is 0. The van der Waals surface area contributed by atoms with Crippen molar-refractivity contribution in [2.45, 2.75) is 45.1 Å². The van der Waals surface area contributed by atoms with Gasteiger partial charge in [0, 0.05) is 25.2 Å². The van der Waals surface area contributed by atoms with Crippen molar-refractivity contribution in [3.8, 4) is 0 Å². The Labute approximate surface area is 106 Å². The van der Waals surface area contributed by atoms with Crippen LogP contribution in [0.5, 0.6) is 0 Å². The van der Waals surface area contributed by atoms with E-state index in [0.717, 1.165) is 19.1 Å². The zero-order valence-electron chi connectivity index (χ0n) is 11.5. The van der Waals surface area contributed by atoms with Crippen molar-refractivity contribution in [2.75, 3.05) is 39.4 Å². The molecule has 0 aromatic carbocycles. The van der Waals surface area contributed by atoms with Crippen molar-refractivity contribution in [1.82, 2.24) is 10.2 Å². The average Bonchev–Trinajstić information content (AvgIpc) is 2.53. The molecule has 2 saturated heterocycles. The summed E-state index contributed by atoms with van der Waals surface area (Å²) in [6.07, 6.45) is 5.10. The fourth-order valence-corrected chi connectivity index (χ4v) is 3.03. The van der Waals surface area contributed by atoms with E-state index < -0.39 is 0 Å².